The summed E-state index contributed by atoms with van der Waals surface area (Å²) in [5.74, 6) is -0.772. The molecule has 0 radical (unpaired) electrons. The second-order valence-corrected chi connectivity index (χ2v) is 2.93. The first-order chi connectivity index (χ1) is 6.61. The first kappa shape index (κ1) is 10.2. The normalized spacial score (nSPS) is 9.29. The van der Waals surface area contributed by atoms with Gasteiger partial charge in [-0.3, -0.25) is 0 Å². The molecule has 14 heavy (non-hydrogen) atoms. The van der Waals surface area contributed by atoms with Gasteiger partial charge in [-0.1, -0.05) is 17.3 Å². The van der Waals surface area contributed by atoms with E-state index < -0.39 is 5.97 Å². The predicted molar refractivity (Wildman–Crippen MR) is 52.8 cm³/mol. The molecule has 4 nitrogen and oxygen atoms in total. The molecule has 1 aromatic carbocycles. The number of benzene rings is 1. The summed E-state index contributed by atoms with van der Waals surface area (Å²) in [5, 5.41) is 12.5. The molecule has 74 valence electrons. The molecule has 0 heterocycles. The van der Waals surface area contributed by atoms with E-state index in [1.807, 2.05) is 0 Å². The van der Waals surface area contributed by atoms with Crippen LogP contribution in [0.2, 0.25) is 0 Å². The molecular formula is C10H11NO3. The summed E-state index contributed by atoms with van der Waals surface area (Å²) in [6.07, 6.45) is 0. The van der Waals surface area contributed by atoms with Crippen LogP contribution in [0.5, 0.6) is 5.75 Å². The topological polar surface area (TPSA) is 58.9 Å². The number of para-hydroxylation sites is 1. The van der Waals surface area contributed by atoms with Crippen molar-refractivity contribution in [3.8, 4) is 5.75 Å². The highest BCUT2D eigenvalue weighted by molar-refractivity contribution is 5.90. The van der Waals surface area contributed by atoms with Gasteiger partial charge in [0.1, 0.15) is 5.56 Å². The summed E-state index contributed by atoms with van der Waals surface area (Å²) in [4.78, 5) is 15.7. The van der Waals surface area contributed by atoms with E-state index in [2.05, 4.69) is 5.16 Å². The molecule has 1 N–H and O–H groups in total. The number of oxime groups is 1. The van der Waals surface area contributed by atoms with Crippen molar-refractivity contribution in [3.63, 3.8) is 0 Å². The van der Waals surface area contributed by atoms with Crippen molar-refractivity contribution in [2.75, 3.05) is 0 Å². The zero-order chi connectivity index (χ0) is 10.6. The van der Waals surface area contributed by atoms with E-state index in [9.17, 15) is 4.79 Å². The lowest BCUT2D eigenvalue weighted by molar-refractivity contribution is 0.0692. The van der Waals surface area contributed by atoms with Gasteiger partial charge in [-0.25, -0.2) is 4.79 Å². The molecule has 0 aromatic heterocycles. The number of carboxylic acids is 1. The van der Waals surface area contributed by atoms with Crippen molar-refractivity contribution in [3.05, 3.63) is 29.8 Å². The fourth-order valence-corrected chi connectivity index (χ4v) is 0.863. The smallest absolute Gasteiger partial charge is 0.339 e. The Morgan fingerprint density at radius 2 is 2.00 bits per heavy atom. The van der Waals surface area contributed by atoms with E-state index in [4.69, 9.17) is 9.94 Å². The predicted octanol–water partition coefficient (Wildman–Crippen LogP) is 2.16. The standard InChI is InChI=1S/C10H11NO3/c1-7(2)11-14-9-6-4-3-5-8(9)10(12)13/h3-6H,1-2H3,(H,12,13). The van der Waals surface area contributed by atoms with Gasteiger partial charge in [0.25, 0.3) is 0 Å². The van der Waals surface area contributed by atoms with Gasteiger partial charge in [-0.05, 0) is 26.0 Å². The van der Waals surface area contributed by atoms with Crippen LogP contribution in [-0.4, -0.2) is 16.8 Å². The van der Waals surface area contributed by atoms with E-state index in [0.29, 0.717) is 0 Å². The number of nitrogens with zero attached hydrogens (tertiary/aromatic N) is 1. The molecular weight excluding hydrogens is 182 g/mol. The quantitative estimate of drug-likeness (QED) is 0.591. The van der Waals surface area contributed by atoms with E-state index in [-0.39, 0.29) is 11.3 Å². The Morgan fingerprint density at radius 3 is 2.57 bits per heavy atom. The van der Waals surface area contributed by atoms with E-state index in [1.54, 1.807) is 32.0 Å². The maximum absolute atomic E-state index is 10.7. The molecule has 0 saturated heterocycles. The second-order valence-electron chi connectivity index (χ2n) is 2.93. The minimum atomic E-state index is -1.02. The summed E-state index contributed by atoms with van der Waals surface area (Å²) in [6, 6.07) is 6.37. The second kappa shape index (κ2) is 4.41. The van der Waals surface area contributed by atoms with Crippen molar-refractivity contribution in [2.24, 2.45) is 5.16 Å². The van der Waals surface area contributed by atoms with Crippen LogP contribution in [0.25, 0.3) is 0 Å². The van der Waals surface area contributed by atoms with Crippen LogP contribution in [0, 0.1) is 0 Å². The Balaban J connectivity index is 2.96. The van der Waals surface area contributed by atoms with Gasteiger partial charge in [0.05, 0.1) is 5.71 Å². The molecule has 0 fully saturated rings. The summed E-state index contributed by atoms with van der Waals surface area (Å²) in [7, 11) is 0. The van der Waals surface area contributed by atoms with Crippen molar-refractivity contribution in [1.82, 2.24) is 0 Å². The monoisotopic (exact) mass is 193 g/mol. The molecule has 0 saturated carbocycles. The Hall–Kier alpha value is -1.84. The van der Waals surface area contributed by atoms with Crippen LogP contribution in [0.1, 0.15) is 24.2 Å². The van der Waals surface area contributed by atoms with Crippen molar-refractivity contribution in [1.29, 1.82) is 0 Å². The highest BCUT2D eigenvalue weighted by Gasteiger charge is 2.09. The molecule has 0 unspecified atom stereocenters. The van der Waals surface area contributed by atoms with E-state index in [0.717, 1.165) is 5.71 Å². The summed E-state index contributed by atoms with van der Waals surface area (Å²) < 4.78 is 0. The highest BCUT2D eigenvalue weighted by Crippen LogP contribution is 2.17. The van der Waals surface area contributed by atoms with Gasteiger partial charge in [0.15, 0.2) is 5.75 Å². The number of hydrogen-bond acceptors (Lipinski definition) is 3. The maximum Gasteiger partial charge on any atom is 0.339 e. The van der Waals surface area contributed by atoms with Gasteiger partial charge in [0.2, 0.25) is 0 Å². The Bertz CT molecular complexity index is 367. The van der Waals surface area contributed by atoms with Gasteiger partial charge in [-0.15, -0.1) is 0 Å². The largest absolute Gasteiger partial charge is 0.478 e. The zero-order valence-electron chi connectivity index (χ0n) is 8.02. The van der Waals surface area contributed by atoms with Crippen LogP contribution in [0.15, 0.2) is 29.4 Å². The number of carboxylic acid groups (broad SMARTS) is 1. The van der Waals surface area contributed by atoms with Gasteiger partial charge in [0, 0.05) is 0 Å². The molecule has 0 aliphatic rings. The molecule has 0 spiro atoms. The summed E-state index contributed by atoms with van der Waals surface area (Å²) >= 11 is 0. The average molecular weight is 193 g/mol. The SMILES string of the molecule is CC(C)=NOc1ccccc1C(=O)O. The Labute approximate surface area is 81.8 Å². The molecule has 0 atom stereocenters. The van der Waals surface area contributed by atoms with Crippen molar-refractivity contribution < 1.29 is 14.7 Å². The zero-order valence-corrected chi connectivity index (χ0v) is 8.02. The van der Waals surface area contributed by atoms with Gasteiger partial charge < -0.3 is 9.94 Å². The minimum absolute atomic E-state index is 0.109. The van der Waals surface area contributed by atoms with Gasteiger partial charge >= 0.3 is 5.97 Å². The fraction of sp³-hybridized carbons (Fsp3) is 0.200. The van der Waals surface area contributed by atoms with Crippen LogP contribution >= 0.6 is 0 Å². The lowest BCUT2D eigenvalue weighted by Gasteiger charge is -2.02. The van der Waals surface area contributed by atoms with Crippen LogP contribution in [-0.2, 0) is 0 Å². The van der Waals surface area contributed by atoms with Crippen LogP contribution in [0.4, 0.5) is 0 Å². The molecule has 1 aromatic rings. The molecule has 0 aliphatic heterocycles. The van der Waals surface area contributed by atoms with Crippen LogP contribution < -0.4 is 4.84 Å². The first-order valence-corrected chi connectivity index (χ1v) is 4.12. The lowest BCUT2D eigenvalue weighted by Crippen LogP contribution is -2.00. The molecule has 4 heteroatoms. The Morgan fingerprint density at radius 1 is 1.36 bits per heavy atom. The summed E-state index contributed by atoms with van der Waals surface area (Å²) in [5.41, 5.74) is 0.836. The average Bonchev–Trinajstić information content (AvgIpc) is 2.15. The number of aromatic carboxylic acids is 1. The molecule has 0 bridgehead atoms. The molecule has 0 aliphatic carbocycles. The minimum Gasteiger partial charge on any atom is -0.478 e. The van der Waals surface area contributed by atoms with Crippen LogP contribution in [0.3, 0.4) is 0 Å². The summed E-state index contributed by atoms with van der Waals surface area (Å²) in [6.45, 7) is 3.53. The van der Waals surface area contributed by atoms with E-state index >= 15 is 0 Å². The number of hydrogen-bond donors (Lipinski definition) is 1. The number of rotatable bonds is 3. The number of carbonyl (C=O) groups is 1. The third-order valence-corrected chi connectivity index (χ3v) is 1.44. The first-order valence-electron chi connectivity index (χ1n) is 4.12. The van der Waals surface area contributed by atoms with Crippen molar-refractivity contribution >= 4 is 11.7 Å². The molecule has 0 amide bonds. The third-order valence-electron chi connectivity index (χ3n) is 1.44. The third kappa shape index (κ3) is 2.58. The molecule has 1 rings (SSSR count). The van der Waals surface area contributed by atoms with E-state index in [1.165, 1.54) is 6.07 Å². The highest BCUT2D eigenvalue weighted by atomic mass is 16.6. The van der Waals surface area contributed by atoms with Crippen molar-refractivity contribution in [2.45, 2.75) is 13.8 Å². The maximum atomic E-state index is 10.7. The fourth-order valence-electron chi connectivity index (χ4n) is 0.863. The van der Waals surface area contributed by atoms with Gasteiger partial charge in [-0.2, -0.15) is 0 Å². The Kier molecular flexibility index (Phi) is 3.23. The lowest BCUT2D eigenvalue weighted by atomic mass is 10.2.